The van der Waals surface area contributed by atoms with Crippen molar-refractivity contribution in [1.29, 1.82) is 0 Å². The molecular formula is C16H12BrNO3. The highest BCUT2D eigenvalue weighted by molar-refractivity contribution is 9.10. The number of rotatable bonds is 4. The molecule has 0 saturated heterocycles. The van der Waals surface area contributed by atoms with E-state index in [2.05, 4.69) is 21.2 Å². The van der Waals surface area contributed by atoms with Crippen LogP contribution in [-0.2, 0) is 6.54 Å². The molecule has 0 atom stereocenters. The van der Waals surface area contributed by atoms with Crippen LogP contribution in [-0.4, -0.2) is 5.91 Å². The Labute approximate surface area is 129 Å². The molecule has 1 aromatic carbocycles. The van der Waals surface area contributed by atoms with Gasteiger partial charge in [0.05, 0.1) is 23.9 Å². The van der Waals surface area contributed by atoms with Crippen LogP contribution in [0.1, 0.15) is 16.1 Å². The van der Waals surface area contributed by atoms with Crippen LogP contribution < -0.4 is 5.32 Å². The third kappa shape index (κ3) is 3.08. The molecule has 3 rings (SSSR count). The summed E-state index contributed by atoms with van der Waals surface area (Å²) in [6.45, 7) is 0.331. The molecule has 106 valence electrons. The lowest BCUT2D eigenvalue weighted by Crippen LogP contribution is -2.22. The van der Waals surface area contributed by atoms with Crippen molar-refractivity contribution in [2.75, 3.05) is 0 Å². The molecule has 0 radical (unpaired) electrons. The van der Waals surface area contributed by atoms with Crippen molar-refractivity contribution < 1.29 is 13.6 Å². The van der Waals surface area contributed by atoms with E-state index in [0.29, 0.717) is 23.6 Å². The number of hydrogen-bond donors (Lipinski definition) is 1. The summed E-state index contributed by atoms with van der Waals surface area (Å²) in [5.74, 6) is 1.25. The second-order valence-corrected chi connectivity index (χ2v) is 5.29. The fourth-order valence-corrected chi connectivity index (χ4v) is 2.41. The van der Waals surface area contributed by atoms with Crippen LogP contribution in [0.2, 0.25) is 0 Å². The van der Waals surface area contributed by atoms with E-state index < -0.39 is 0 Å². The van der Waals surface area contributed by atoms with E-state index in [1.54, 1.807) is 18.6 Å². The molecular weight excluding hydrogens is 334 g/mol. The summed E-state index contributed by atoms with van der Waals surface area (Å²) in [4.78, 5) is 12.1. The van der Waals surface area contributed by atoms with Crippen LogP contribution in [0.4, 0.5) is 0 Å². The second kappa shape index (κ2) is 6.01. The van der Waals surface area contributed by atoms with Gasteiger partial charge in [-0.05, 0) is 46.3 Å². The number of hydrogen-bond acceptors (Lipinski definition) is 3. The monoisotopic (exact) mass is 345 g/mol. The van der Waals surface area contributed by atoms with Gasteiger partial charge in [-0.15, -0.1) is 0 Å². The van der Waals surface area contributed by atoms with Crippen molar-refractivity contribution in [2.45, 2.75) is 6.54 Å². The Morgan fingerprint density at radius 2 is 2.00 bits per heavy atom. The van der Waals surface area contributed by atoms with E-state index in [1.807, 2.05) is 36.4 Å². The van der Waals surface area contributed by atoms with Gasteiger partial charge in [-0.25, -0.2) is 0 Å². The lowest BCUT2D eigenvalue weighted by molar-refractivity contribution is 0.0947. The molecule has 1 amide bonds. The molecule has 1 N–H and O–H groups in total. The summed E-state index contributed by atoms with van der Waals surface area (Å²) in [5, 5.41) is 2.83. The van der Waals surface area contributed by atoms with Gasteiger partial charge in [-0.2, -0.15) is 0 Å². The summed E-state index contributed by atoms with van der Waals surface area (Å²) in [6.07, 6.45) is 3.20. The lowest BCUT2D eigenvalue weighted by atomic mass is 10.2. The Balaban J connectivity index is 1.66. The van der Waals surface area contributed by atoms with E-state index in [4.69, 9.17) is 8.83 Å². The molecule has 4 nitrogen and oxygen atoms in total. The maximum absolute atomic E-state index is 12.1. The summed E-state index contributed by atoms with van der Waals surface area (Å²) in [6, 6.07) is 12.8. The van der Waals surface area contributed by atoms with Crippen LogP contribution >= 0.6 is 15.9 Å². The summed E-state index contributed by atoms with van der Waals surface area (Å²) in [5.41, 5.74) is 1.47. The summed E-state index contributed by atoms with van der Waals surface area (Å²) in [7, 11) is 0. The van der Waals surface area contributed by atoms with Gasteiger partial charge < -0.3 is 14.2 Å². The van der Waals surface area contributed by atoms with Crippen molar-refractivity contribution in [3.05, 3.63) is 70.8 Å². The Morgan fingerprint density at radius 1 is 1.14 bits per heavy atom. The molecule has 0 aliphatic carbocycles. The molecule has 0 unspecified atom stereocenters. The molecule has 0 saturated carbocycles. The number of benzene rings is 1. The van der Waals surface area contributed by atoms with Crippen molar-refractivity contribution in [3.63, 3.8) is 0 Å². The molecule has 2 heterocycles. The van der Waals surface area contributed by atoms with Crippen LogP contribution in [0, 0.1) is 0 Å². The average molecular weight is 346 g/mol. The van der Waals surface area contributed by atoms with Crippen molar-refractivity contribution >= 4 is 21.8 Å². The minimum atomic E-state index is -0.149. The minimum Gasteiger partial charge on any atom is -0.472 e. The smallest absolute Gasteiger partial charge is 0.252 e. The first kappa shape index (κ1) is 13.7. The Kier molecular flexibility index (Phi) is 3.92. The van der Waals surface area contributed by atoms with Crippen LogP contribution in [0.25, 0.3) is 11.3 Å². The first-order valence-electron chi connectivity index (χ1n) is 6.38. The maximum Gasteiger partial charge on any atom is 0.252 e. The van der Waals surface area contributed by atoms with Gasteiger partial charge in [0.25, 0.3) is 5.91 Å². The molecule has 3 aromatic rings. The first-order valence-corrected chi connectivity index (χ1v) is 7.17. The molecule has 0 bridgehead atoms. The van der Waals surface area contributed by atoms with Gasteiger partial charge >= 0.3 is 0 Å². The standard InChI is InChI=1S/C16H12BrNO3/c17-14-4-2-1-3-13(14)16(19)18-9-12-5-6-15(21-12)11-7-8-20-10-11/h1-8,10H,9H2,(H,18,19). The number of furan rings is 2. The number of amides is 1. The highest BCUT2D eigenvalue weighted by Gasteiger charge is 2.10. The van der Waals surface area contributed by atoms with Crippen LogP contribution in [0.15, 0.2) is 68.3 Å². The number of carbonyl (C=O) groups is 1. The largest absolute Gasteiger partial charge is 0.472 e. The minimum absolute atomic E-state index is 0.149. The van der Waals surface area contributed by atoms with Gasteiger partial charge in [0.15, 0.2) is 0 Å². The van der Waals surface area contributed by atoms with E-state index in [0.717, 1.165) is 10.0 Å². The topological polar surface area (TPSA) is 55.4 Å². The Bertz CT molecular complexity index is 746. The quantitative estimate of drug-likeness (QED) is 0.769. The number of carbonyl (C=O) groups excluding carboxylic acids is 1. The maximum atomic E-state index is 12.1. The van der Waals surface area contributed by atoms with Crippen LogP contribution in [0.5, 0.6) is 0 Å². The lowest BCUT2D eigenvalue weighted by Gasteiger charge is -2.05. The number of nitrogens with one attached hydrogen (secondary N) is 1. The second-order valence-electron chi connectivity index (χ2n) is 4.44. The third-order valence-electron chi connectivity index (χ3n) is 3.01. The van der Waals surface area contributed by atoms with E-state index in [-0.39, 0.29) is 5.91 Å². The van der Waals surface area contributed by atoms with E-state index >= 15 is 0 Å². The predicted molar refractivity (Wildman–Crippen MR) is 81.7 cm³/mol. The highest BCUT2D eigenvalue weighted by atomic mass is 79.9. The van der Waals surface area contributed by atoms with Crippen LogP contribution in [0.3, 0.4) is 0 Å². The van der Waals surface area contributed by atoms with E-state index in [1.165, 1.54) is 0 Å². The average Bonchev–Trinajstić information content (AvgIpc) is 3.16. The molecule has 0 aliphatic rings. The van der Waals surface area contributed by atoms with Gasteiger partial charge in [-0.1, -0.05) is 12.1 Å². The summed E-state index contributed by atoms with van der Waals surface area (Å²) < 4.78 is 11.4. The molecule has 0 aliphatic heterocycles. The molecule has 21 heavy (non-hydrogen) atoms. The molecule has 0 fully saturated rings. The zero-order valence-electron chi connectivity index (χ0n) is 11.0. The van der Waals surface area contributed by atoms with Gasteiger partial charge in [0, 0.05) is 4.47 Å². The molecule has 5 heteroatoms. The molecule has 0 spiro atoms. The van der Waals surface area contributed by atoms with Crippen molar-refractivity contribution in [3.8, 4) is 11.3 Å². The zero-order chi connectivity index (χ0) is 14.7. The van der Waals surface area contributed by atoms with Gasteiger partial charge in [0.2, 0.25) is 0 Å². The normalized spacial score (nSPS) is 10.5. The summed E-state index contributed by atoms with van der Waals surface area (Å²) >= 11 is 3.36. The zero-order valence-corrected chi connectivity index (χ0v) is 12.6. The Morgan fingerprint density at radius 3 is 2.76 bits per heavy atom. The Hall–Kier alpha value is -2.27. The number of halogens is 1. The van der Waals surface area contributed by atoms with Crippen molar-refractivity contribution in [1.82, 2.24) is 5.32 Å². The highest BCUT2D eigenvalue weighted by Crippen LogP contribution is 2.22. The fraction of sp³-hybridized carbons (Fsp3) is 0.0625. The third-order valence-corrected chi connectivity index (χ3v) is 3.70. The fourth-order valence-electron chi connectivity index (χ4n) is 1.94. The molecule has 2 aromatic heterocycles. The first-order chi connectivity index (χ1) is 10.2. The van der Waals surface area contributed by atoms with E-state index in [9.17, 15) is 4.79 Å². The van der Waals surface area contributed by atoms with Crippen molar-refractivity contribution in [2.24, 2.45) is 0 Å². The predicted octanol–water partition coefficient (Wildman–Crippen LogP) is 4.23. The SMILES string of the molecule is O=C(NCc1ccc(-c2ccoc2)o1)c1ccccc1Br. The van der Waals surface area contributed by atoms with Gasteiger partial charge in [-0.3, -0.25) is 4.79 Å². The van der Waals surface area contributed by atoms with Gasteiger partial charge in [0.1, 0.15) is 17.8 Å².